The third-order valence-electron chi connectivity index (χ3n) is 1.91. The zero-order chi connectivity index (χ0) is 13.0. The maximum Gasteiger partial charge on any atom is 0.350 e. The monoisotopic (exact) mass is 258 g/mol. The largest absolute Gasteiger partial charge is 0.462 e. The number of esters is 2. The number of carbonyl (C=O) groups is 2. The number of hydrogen-bond donors (Lipinski definition) is 2. The maximum atomic E-state index is 11.6. The molecular weight excluding hydrogens is 244 g/mol. The maximum absolute atomic E-state index is 11.6. The fraction of sp³-hybridized carbons (Fsp3) is 0.400. The second-order valence-electron chi connectivity index (χ2n) is 3.03. The highest BCUT2D eigenvalue weighted by Gasteiger charge is 2.25. The summed E-state index contributed by atoms with van der Waals surface area (Å²) in [6.45, 7) is 3.79. The minimum atomic E-state index is -0.630. The van der Waals surface area contributed by atoms with Crippen molar-refractivity contribution in [3.05, 3.63) is 10.4 Å². The number of anilines is 2. The zero-order valence-electron chi connectivity index (χ0n) is 9.61. The van der Waals surface area contributed by atoms with Crippen LogP contribution in [0.1, 0.15) is 33.9 Å². The molecule has 7 heteroatoms. The van der Waals surface area contributed by atoms with E-state index in [-0.39, 0.29) is 34.3 Å². The van der Waals surface area contributed by atoms with E-state index in [0.717, 1.165) is 11.3 Å². The van der Waals surface area contributed by atoms with Crippen LogP contribution in [0.3, 0.4) is 0 Å². The van der Waals surface area contributed by atoms with Crippen molar-refractivity contribution in [1.29, 1.82) is 0 Å². The molecule has 0 saturated carbocycles. The van der Waals surface area contributed by atoms with E-state index in [4.69, 9.17) is 20.9 Å². The summed E-state index contributed by atoms with van der Waals surface area (Å²) >= 11 is 0.921. The molecule has 0 saturated heterocycles. The van der Waals surface area contributed by atoms with Gasteiger partial charge in [0.05, 0.1) is 18.9 Å². The van der Waals surface area contributed by atoms with Crippen LogP contribution in [0.15, 0.2) is 0 Å². The lowest BCUT2D eigenvalue weighted by Crippen LogP contribution is -2.10. The fourth-order valence-electron chi connectivity index (χ4n) is 1.22. The van der Waals surface area contributed by atoms with Crippen LogP contribution in [0, 0.1) is 0 Å². The molecule has 1 aromatic rings. The van der Waals surface area contributed by atoms with Gasteiger partial charge in [-0.3, -0.25) is 0 Å². The molecule has 0 aromatic carbocycles. The Bertz CT molecular complexity index is 442. The van der Waals surface area contributed by atoms with Crippen molar-refractivity contribution in [2.24, 2.45) is 0 Å². The lowest BCUT2D eigenvalue weighted by molar-refractivity contribution is 0.0528. The van der Waals surface area contributed by atoms with Gasteiger partial charge in [-0.1, -0.05) is 0 Å². The molecule has 1 rings (SSSR count). The highest BCUT2D eigenvalue weighted by molar-refractivity contribution is 7.18. The van der Waals surface area contributed by atoms with E-state index < -0.39 is 11.9 Å². The first-order valence-electron chi connectivity index (χ1n) is 5.04. The SMILES string of the molecule is CCOC(=O)c1sc(N)c(C(=O)OCC)c1N. The standard InChI is InChI=1S/C10H14N2O4S/c1-3-15-9(13)5-6(11)7(17-8(5)12)10(14)16-4-2/h3-4,11-12H2,1-2H3. The van der Waals surface area contributed by atoms with Gasteiger partial charge in [-0.25, -0.2) is 9.59 Å². The van der Waals surface area contributed by atoms with Gasteiger partial charge in [-0.15, -0.1) is 11.3 Å². The lowest BCUT2D eigenvalue weighted by Gasteiger charge is -2.02. The number of ether oxygens (including phenoxy) is 2. The van der Waals surface area contributed by atoms with Crippen molar-refractivity contribution in [3.63, 3.8) is 0 Å². The molecule has 0 spiro atoms. The molecule has 0 unspecified atom stereocenters. The number of hydrogen-bond acceptors (Lipinski definition) is 7. The van der Waals surface area contributed by atoms with Crippen LogP contribution in [0.4, 0.5) is 10.7 Å². The van der Waals surface area contributed by atoms with E-state index in [1.54, 1.807) is 13.8 Å². The first-order valence-corrected chi connectivity index (χ1v) is 5.86. The smallest absolute Gasteiger partial charge is 0.350 e. The minimum Gasteiger partial charge on any atom is -0.462 e. The molecule has 0 aliphatic rings. The fourth-order valence-corrected chi connectivity index (χ4v) is 2.09. The van der Waals surface area contributed by atoms with E-state index in [1.807, 2.05) is 0 Å². The van der Waals surface area contributed by atoms with Gasteiger partial charge in [-0.05, 0) is 13.8 Å². The predicted molar refractivity (Wildman–Crippen MR) is 65.1 cm³/mol. The van der Waals surface area contributed by atoms with E-state index in [0.29, 0.717) is 0 Å². The van der Waals surface area contributed by atoms with E-state index in [2.05, 4.69) is 0 Å². The van der Waals surface area contributed by atoms with Crippen LogP contribution in [0.5, 0.6) is 0 Å². The summed E-state index contributed by atoms with van der Waals surface area (Å²) in [5.74, 6) is -1.22. The summed E-state index contributed by atoms with van der Waals surface area (Å²) in [7, 11) is 0. The molecule has 0 aliphatic carbocycles. The normalized spacial score (nSPS) is 10.0. The third-order valence-corrected chi connectivity index (χ3v) is 2.93. The molecule has 94 valence electrons. The van der Waals surface area contributed by atoms with Crippen LogP contribution in [-0.2, 0) is 9.47 Å². The van der Waals surface area contributed by atoms with E-state index in [9.17, 15) is 9.59 Å². The number of rotatable bonds is 4. The van der Waals surface area contributed by atoms with Gasteiger partial charge in [-0.2, -0.15) is 0 Å². The van der Waals surface area contributed by atoms with Crippen molar-refractivity contribution in [3.8, 4) is 0 Å². The van der Waals surface area contributed by atoms with E-state index in [1.165, 1.54) is 0 Å². The van der Waals surface area contributed by atoms with Gasteiger partial charge < -0.3 is 20.9 Å². The number of nitrogens with two attached hydrogens (primary N) is 2. The van der Waals surface area contributed by atoms with Crippen molar-refractivity contribution < 1.29 is 19.1 Å². The number of nitrogen functional groups attached to an aromatic ring is 2. The van der Waals surface area contributed by atoms with Crippen molar-refractivity contribution >= 4 is 34.0 Å². The summed E-state index contributed by atoms with van der Waals surface area (Å²) in [6, 6.07) is 0. The highest BCUT2D eigenvalue weighted by Crippen LogP contribution is 2.34. The van der Waals surface area contributed by atoms with Crippen molar-refractivity contribution in [2.45, 2.75) is 13.8 Å². The van der Waals surface area contributed by atoms with Crippen LogP contribution in [-0.4, -0.2) is 25.2 Å². The summed E-state index contributed by atoms with van der Waals surface area (Å²) in [4.78, 5) is 23.2. The molecule has 17 heavy (non-hydrogen) atoms. The Hall–Kier alpha value is -1.76. The molecule has 1 heterocycles. The molecule has 1 aromatic heterocycles. The Labute approximate surface area is 102 Å². The van der Waals surface area contributed by atoms with Gasteiger partial charge >= 0.3 is 11.9 Å². The Balaban J connectivity index is 3.09. The quantitative estimate of drug-likeness (QED) is 0.788. The van der Waals surface area contributed by atoms with E-state index >= 15 is 0 Å². The van der Waals surface area contributed by atoms with Crippen LogP contribution < -0.4 is 11.5 Å². The second kappa shape index (κ2) is 5.53. The molecule has 0 bridgehead atoms. The Morgan fingerprint density at radius 3 is 2.18 bits per heavy atom. The average molecular weight is 258 g/mol. The summed E-state index contributed by atoms with van der Waals surface area (Å²) in [5, 5.41) is 0.156. The second-order valence-corrected chi connectivity index (χ2v) is 4.08. The van der Waals surface area contributed by atoms with Crippen LogP contribution in [0.2, 0.25) is 0 Å². The lowest BCUT2D eigenvalue weighted by atomic mass is 10.2. The average Bonchev–Trinajstić information content (AvgIpc) is 2.55. The first kappa shape index (κ1) is 13.3. The molecule has 0 fully saturated rings. The summed E-state index contributed by atoms with van der Waals surface area (Å²) in [6.07, 6.45) is 0. The van der Waals surface area contributed by atoms with Gasteiger partial charge in [0.25, 0.3) is 0 Å². The Kier molecular flexibility index (Phi) is 4.33. The Morgan fingerprint density at radius 1 is 1.12 bits per heavy atom. The predicted octanol–water partition coefficient (Wildman–Crippen LogP) is 1.27. The molecule has 0 radical (unpaired) electrons. The first-order chi connectivity index (χ1) is 8.02. The van der Waals surface area contributed by atoms with Crippen molar-refractivity contribution in [2.75, 3.05) is 24.7 Å². The molecular formula is C10H14N2O4S. The van der Waals surface area contributed by atoms with Gasteiger partial charge in [0.1, 0.15) is 15.4 Å². The molecule has 4 N–H and O–H groups in total. The molecule has 6 nitrogen and oxygen atoms in total. The van der Waals surface area contributed by atoms with Gasteiger partial charge in [0.2, 0.25) is 0 Å². The number of thiophene rings is 1. The number of carbonyl (C=O) groups excluding carboxylic acids is 2. The third kappa shape index (κ3) is 2.68. The highest BCUT2D eigenvalue weighted by atomic mass is 32.1. The topological polar surface area (TPSA) is 105 Å². The summed E-state index contributed by atoms with van der Waals surface area (Å²) in [5.41, 5.74) is 11.4. The molecule has 0 atom stereocenters. The zero-order valence-corrected chi connectivity index (χ0v) is 10.4. The molecule has 0 amide bonds. The van der Waals surface area contributed by atoms with Crippen molar-refractivity contribution in [1.82, 2.24) is 0 Å². The molecule has 0 aliphatic heterocycles. The van der Waals surface area contributed by atoms with Crippen LogP contribution >= 0.6 is 11.3 Å². The van der Waals surface area contributed by atoms with Gasteiger partial charge in [0.15, 0.2) is 0 Å². The Morgan fingerprint density at radius 2 is 1.65 bits per heavy atom. The van der Waals surface area contributed by atoms with Gasteiger partial charge in [0, 0.05) is 0 Å². The van der Waals surface area contributed by atoms with Crippen LogP contribution in [0.25, 0.3) is 0 Å². The summed E-state index contributed by atoms with van der Waals surface area (Å²) < 4.78 is 9.60. The minimum absolute atomic E-state index is 0.0180.